The Hall–Kier alpha value is -4.19. The van der Waals surface area contributed by atoms with Crippen LogP contribution in [0.3, 0.4) is 0 Å². The van der Waals surface area contributed by atoms with Crippen molar-refractivity contribution in [2.75, 3.05) is 34.8 Å². The summed E-state index contributed by atoms with van der Waals surface area (Å²) in [6.07, 6.45) is 1.80. The van der Waals surface area contributed by atoms with E-state index in [1.807, 2.05) is 66.9 Å². The summed E-state index contributed by atoms with van der Waals surface area (Å²) in [4.78, 5) is 25.9. The van der Waals surface area contributed by atoms with E-state index in [2.05, 4.69) is 41.1 Å². The molecule has 0 bridgehead atoms. The van der Waals surface area contributed by atoms with E-state index in [-0.39, 0.29) is 11.7 Å². The summed E-state index contributed by atoms with van der Waals surface area (Å²) in [5, 5.41) is 18.1. The van der Waals surface area contributed by atoms with Crippen molar-refractivity contribution in [3.63, 3.8) is 0 Å². The van der Waals surface area contributed by atoms with Crippen LogP contribution in [0.15, 0.2) is 60.0 Å². The quantitative estimate of drug-likeness (QED) is 0.267. The van der Waals surface area contributed by atoms with Crippen molar-refractivity contribution in [3.8, 4) is 5.69 Å². The van der Waals surface area contributed by atoms with Gasteiger partial charge in [0.2, 0.25) is 17.8 Å². The molecule has 0 radical (unpaired) electrons. The number of thioether (sulfide) groups is 1. The minimum absolute atomic E-state index is 0.150. The SMILES string of the molecule is CCNc1nc(NCC)n2c(SCC(=O)Nc3ccc(-n4cnc5ccccc54)cc3)nnc2n1. The van der Waals surface area contributed by atoms with Gasteiger partial charge in [0.1, 0.15) is 6.33 Å². The third kappa shape index (κ3) is 4.73. The van der Waals surface area contributed by atoms with Crippen LogP contribution >= 0.6 is 11.8 Å². The van der Waals surface area contributed by atoms with Gasteiger partial charge >= 0.3 is 0 Å². The first kappa shape index (κ1) is 22.6. The highest BCUT2D eigenvalue weighted by Gasteiger charge is 2.16. The Morgan fingerprint density at radius 3 is 2.57 bits per heavy atom. The Balaban J connectivity index is 1.26. The number of hydrogen-bond acceptors (Lipinski definition) is 9. The van der Waals surface area contributed by atoms with Crippen molar-refractivity contribution in [1.82, 2.24) is 34.1 Å². The summed E-state index contributed by atoms with van der Waals surface area (Å²) in [5.74, 6) is 1.48. The number of para-hydroxylation sites is 2. The van der Waals surface area contributed by atoms with Gasteiger partial charge < -0.3 is 16.0 Å². The molecule has 0 aliphatic heterocycles. The molecule has 3 N–H and O–H groups in total. The van der Waals surface area contributed by atoms with Crippen molar-refractivity contribution in [2.24, 2.45) is 0 Å². The fourth-order valence-corrected chi connectivity index (χ4v) is 4.32. The van der Waals surface area contributed by atoms with Crippen LogP contribution in [-0.2, 0) is 4.79 Å². The lowest BCUT2D eigenvalue weighted by molar-refractivity contribution is -0.113. The number of carbonyl (C=O) groups excluding carboxylic acids is 1. The third-order valence-electron chi connectivity index (χ3n) is 5.13. The van der Waals surface area contributed by atoms with Gasteiger partial charge in [0.25, 0.3) is 5.78 Å². The first-order valence-corrected chi connectivity index (χ1v) is 12.2. The fraction of sp³-hybridized carbons (Fsp3) is 0.217. The van der Waals surface area contributed by atoms with Gasteiger partial charge in [-0.25, -0.2) is 9.38 Å². The average molecular weight is 489 g/mol. The van der Waals surface area contributed by atoms with Crippen molar-refractivity contribution >= 4 is 52.1 Å². The topological polar surface area (TPSA) is 127 Å². The molecule has 0 saturated heterocycles. The molecule has 0 saturated carbocycles. The molecule has 2 aromatic carbocycles. The van der Waals surface area contributed by atoms with Crippen LogP contribution in [0.2, 0.25) is 0 Å². The molecule has 12 heteroatoms. The van der Waals surface area contributed by atoms with E-state index in [4.69, 9.17) is 0 Å². The molecule has 0 spiro atoms. The lowest BCUT2D eigenvalue weighted by Gasteiger charge is -2.10. The van der Waals surface area contributed by atoms with Crippen LogP contribution in [0, 0.1) is 0 Å². The van der Waals surface area contributed by atoms with Crippen LogP contribution in [0.4, 0.5) is 17.6 Å². The predicted octanol–water partition coefficient (Wildman–Crippen LogP) is 3.45. The van der Waals surface area contributed by atoms with E-state index in [1.54, 1.807) is 10.7 Å². The van der Waals surface area contributed by atoms with Gasteiger partial charge in [-0.15, -0.1) is 10.2 Å². The first-order chi connectivity index (χ1) is 17.2. The highest BCUT2D eigenvalue weighted by atomic mass is 32.2. The van der Waals surface area contributed by atoms with Gasteiger partial charge in [-0.2, -0.15) is 9.97 Å². The molecule has 0 atom stereocenters. The van der Waals surface area contributed by atoms with Gasteiger partial charge in [-0.05, 0) is 50.2 Å². The number of nitrogens with zero attached hydrogens (tertiary/aromatic N) is 7. The zero-order chi connectivity index (χ0) is 24.2. The Morgan fingerprint density at radius 1 is 0.971 bits per heavy atom. The molecule has 3 heterocycles. The molecule has 11 nitrogen and oxygen atoms in total. The molecule has 3 aromatic heterocycles. The standard InChI is InChI=1S/C23H24N10OS/c1-3-24-20-28-21(25-4-2)33-22(29-20)30-31-23(33)35-13-19(34)27-15-9-11-16(12-10-15)32-14-26-17-7-5-6-8-18(17)32/h5-12,14H,3-4,13H2,1-2H3,(H,27,34)(H2,24,25,28,29,30). The van der Waals surface area contributed by atoms with Crippen molar-refractivity contribution < 1.29 is 4.79 Å². The average Bonchev–Trinajstić information content (AvgIpc) is 3.48. The maximum Gasteiger partial charge on any atom is 0.261 e. The lowest BCUT2D eigenvalue weighted by Crippen LogP contribution is -2.15. The van der Waals surface area contributed by atoms with E-state index in [9.17, 15) is 4.79 Å². The van der Waals surface area contributed by atoms with Crippen LogP contribution < -0.4 is 16.0 Å². The zero-order valence-corrected chi connectivity index (χ0v) is 20.1. The second-order valence-electron chi connectivity index (χ2n) is 7.54. The largest absolute Gasteiger partial charge is 0.355 e. The molecule has 0 fully saturated rings. The normalized spacial score (nSPS) is 11.1. The van der Waals surface area contributed by atoms with E-state index in [0.717, 1.165) is 16.7 Å². The van der Waals surface area contributed by atoms with Crippen LogP contribution in [-0.4, -0.2) is 58.9 Å². The number of anilines is 3. The Kier molecular flexibility index (Phi) is 6.44. The highest BCUT2D eigenvalue weighted by molar-refractivity contribution is 7.99. The summed E-state index contributed by atoms with van der Waals surface area (Å²) >= 11 is 1.27. The van der Waals surface area contributed by atoms with Crippen LogP contribution in [0.5, 0.6) is 0 Å². The molecule has 5 rings (SSSR count). The van der Waals surface area contributed by atoms with Crippen molar-refractivity contribution in [1.29, 1.82) is 0 Å². The minimum atomic E-state index is -0.150. The summed E-state index contributed by atoms with van der Waals surface area (Å²) < 4.78 is 3.73. The van der Waals surface area contributed by atoms with Gasteiger partial charge in [0, 0.05) is 24.5 Å². The molecule has 1 amide bonds. The number of fused-ring (bicyclic) bond motifs is 2. The molecule has 0 aliphatic carbocycles. The predicted molar refractivity (Wildman–Crippen MR) is 137 cm³/mol. The van der Waals surface area contributed by atoms with E-state index in [0.29, 0.717) is 41.6 Å². The molecule has 0 unspecified atom stereocenters. The number of benzene rings is 2. The minimum Gasteiger partial charge on any atom is -0.355 e. The van der Waals surface area contributed by atoms with Gasteiger partial charge in [0.15, 0.2) is 5.16 Å². The zero-order valence-electron chi connectivity index (χ0n) is 19.3. The van der Waals surface area contributed by atoms with Crippen LogP contribution in [0.25, 0.3) is 22.5 Å². The monoisotopic (exact) mass is 488 g/mol. The number of hydrogen-bond donors (Lipinski definition) is 3. The molecule has 178 valence electrons. The molecule has 0 aliphatic rings. The van der Waals surface area contributed by atoms with Gasteiger partial charge in [-0.3, -0.25) is 9.36 Å². The van der Waals surface area contributed by atoms with Crippen LogP contribution in [0.1, 0.15) is 13.8 Å². The number of carbonyl (C=O) groups is 1. The Bertz CT molecular complexity index is 1480. The summed E-state index contributed by atoms with van der Waals surface area (Å²) in [6.45, 7) is 5.31. The highest BCUT2D eigenvalue weighted by Crippen LogP contribution is 2.22. The van der Waals surface area contributed by atoms with Crippen molar-refractivity contribution in [3.05, 3.63) is 54.9 Å². The maximum absolute atomic E-state index is 12.6. The van der Waals surface area contributed by atoms with Gasteiger partial charge in [-0.1, -0.05) is 23.9 Å². The van der Waals surface area contributed by atoms with E-state index in [1.165, 1.54) is 11.8 Å². The summed E-state index contributed by atoms with van der Waals surface area (Å²) in [6, 6.07) is 15.6. The number of imidazole rings is 1. The second kappa shape index (κ2) is 9.97. The van der Waals surface area contributed by atoms with Crippen molar-refractivity contribution in [2.45, 2.75) is 19.0 Å². The Labute approximate surface area is 205 Å². The van der Waals surface area contributed by atoms with Gasteiger partial charge in [0.05, 0.1) is 16.8 Å². The molecular formula is C23H24N10OS. The number of aromatic nitrogens is 7. The third-order valence-corrected chi connectivity index (χ3v) is 6.06. The smallest absolute Gasteiger partial charge is 0.261 e. The summed E-state index contributed by atoms with van der Waals surface area (Å²) in [5.41, 5.74) is 3.64. The summed E-state index contributed by atoms with van der Waals surface area (Å²) in [7, 11) is 0. The number of nitrogens with one attached hydrogen (secondary N) is 3. The Morgan fingerprint density at radius 2 is 1.77 bits per heavy atom. The first-order valence-electron chi connectivity index (χ1n) is 11.2. The molecular weight excluding hydrogens is 464 g/mol. The second-order valence-corrected chi connectivity index (χ2v) is 8.48. The molecule has 5 aromatic rings. The fourth-order valence-electron chi connectivity index (χ4n) is 3.59. The maximum atomic E-state index is 12.6. The molecule has 35 heavy (non-hydrogen) atoms. The van der Waals surface area contributed by atoms with E-state index >= 15 is 0 Å². The number of amides is 1. The number of rotatable bonds is 9. The van der Waals surface area contributed by atoms with E-state index < -0.39 is 0 Å². The lowest BCUT2D eigenvalue weighted by atomic mass is 10.2.